The maximum absolute atomic E-state index is 5.80. The number of ether oxygens (including phenoxy) is 1. The minimum atomic E-state index is 0.296. The maximum atomic E-state index is 5.80. The van der Waals surface area contributed by atoms with Crippen LogP contribution in [0.25, 0.3) is 11.4 Å². The van der Waals surface area contributed by atoms with Gasteiger partial charge in [0.1, 0.15) is 5.82 Å². The average Bonchev–Trinajstić information content (AvgIpc) is 2.88. The summed E-state index contributed by atoms with van der Waals surface area (Å²) in [5.41, 5.74) is 10.2. The van der Waals surface area contributed by atoms with Gasteiger partial charge in [-0.25, -0.2) is 9.97 Å². The summed E-state index contributed by atoms with van der Waals surface area (Å²) >= 11 is 0. The van der Waals surface area contributed by atoms with Crippen molar-refractivity contribution in [3.8, 4) is 11.4 Å². The summed E-state index contributed by atoms with van der Waals surface area (Å²) in [4.78, 5) is 15.8. The standard InChI is InChI=1S/C33H44N4O/c1-20(2)26-13-12-21(3)30(18-26)36-15-14-29-28(19-36)33(37-24(6)16-27(38-8)17-25(37)7)35-32(34-29)31-22(4)10-9-11-23(31)5/h9-13,18,20,24-25,27H,14-17,19H2,1-8H3/t24-,25+,27+. The SMILES string of the molecule is CO[C@H]1C[C@@H](C)N(c2nc(-c3c(C)cccc3C)nc3c2CN(c2cc(C(C)C)ccc2C)CC3)[C@@H](C)C1. The largest absolute Gasteiger partial charge is 0.381 e. The molecule has 5 heteroatoms. The molecule has 1 aromatic heterocycles. The maximum Gasteiger partial charge on any atom is 0.162 e. The first-order chi connectivity index (χ1) is 18.2. The van der Waals surface area contributed by atoms with Crippen molar-refractivity contribution in [2.45, 2.75) is 98.4 Å². The number of piperidine rings is 1. The van der Waals surface area contributed by atoms with Gasteiger partial charge in [-0.3, -0.25) is 0 Å². The van der Waals surface area contributed by atoms with E-state index in [0.29, 0.717) is 24.1 Å². The van der Waals surface area contributed by atoms with Gasteiger partial charge >= 0.3 is 0 Å². The number of nitrogens with zero attached hydrogens (tertiary/aromatic N) is 4. The van der Waals surface area contributed by atoms with E-state index in [2.05, 4.69) is 94.7 Å². The zero-order valence-corrected chi connectivity index (χ0v) is 24.5. The van der Waals surface area contributed by atoms with Gasteiger partial charge in [0.05, 0.1) is 11.8 Å². The number of rotatable bonds is 5. The van der Waals surface area contributed by atoms with E-state index in [1.165, 1.54) is 44.8 Å². The third-order valence-electron chi connectivity index (χ3n) is 8.72. The lowest BCUT2D eigenvalue weighted by Crippen LogP contribution is -2.50. The molecular weight excluding hydrogens is 468 g/mol. The molecule has 0 bridgehead atoms. The van der Waals surface area contributed by atoms with E-state index < -0.39 is 0 Å². The van der Waals surface area contributed by atoms with Gasteiger partial charge in [0.15, 0.2) is 5.82 Å². The van der Waals surface area contributed by atoms with E-state index in [4.69, 9.17) is 14.7 Å². The fourth-order valence-corrected chi connectivity index (χ4v) is 6.55. The van der Waals surface area contributed by atoms with Crippen LogP contribution in [0.3, 0.4) is 0 Å². The number of fused-ring (bicyclic) bond motifs is 1. The zero-order valence-electron chi connectivity index (χ0n) is 24.5. The molecule has 0 spiro atoms. The minimum Gasteiger partial charge on any atom is -0.381 e. The topological polar surface area (TPSA) is 41.5 Å². The highest BCUT2D eigenvalue weighted by Gasteiger charge is 2.35. The van der Waals surface area contributed by atoms with Crippen LogP contribution in [0, 0.1) is 20.8 Å². The number of aromatic nitrogens is 2. The van der Waals surface area contributed by atoms with Crippen LogP contribution in [0.4, 0.5) is 11.5 Å². The van der Waals surface area contributed by atoms with E-state index in [9.17, 15) is 0 Å². The highest BCUT2D eigenvalue weighted by atomic mass is 16.5. The first-order valence-corrected chi connectivity index (χ1v) is 14.3. The van der Waals surface area contributed by atoms with Crippen LogP contribution in [0.2, 0.25) is 0 Å². The molecule has 2 aliphatic heterocycles. The van der Waals surface area contributed by atoms with Gasteiger partial charge in [0, 0.05) is 55.5 Å². The number of aryl methyl sites for hydroxylation is 3. The molecule has 5 rings (SSSR count). The fraction of sp³-hybridized carbons (Fsp3) is 0.515. The Morgan fingerprint density at radius 1 is 0.921 bits per heavy atom. The highest BCUT2D eigenvalue weighted by Crippen LogP contribution is 2.38. The quantitative estimate of drug-likeness (QED) is 0.363. The molecule has 0 amide bonds. The summed E-state index contributed by atoms with van der Waals surface area (Å²) in [7, 11) is 1.84. The van der Waals surface area contributed by atoms with E-state index in [1.807, 2.05) is 7.11 Å². The van der Waals surface area contributed by atoms with Gasteiger partial charge in [-0.15, -0.1) is 0 Å². The highest BCUT2D eigenvalue weighted by molar-refractivity contribution is 5.69. The Kier molecular flexibility index (Phi) is 7.50. The number of methoxy groups -OCH3 is 1. The van der Waals surface area contributed by atoms with Crippen molar-refractivity contribution >= 4 is 11.5 Å². The van der Waals surface area contributed by atoms with Crippen molar-refractivity contribution in [3.05, 3.63) is 69.9 Å². The van der Waals surface area contributed by atoms with E-state index in [0.717, 1.165) is 44.0 Å². The minimum absolute atomic E-state index is 0.296. The normalized spacial score (nSPS) is 21.7. The summed E-state index contributed by atoms with van der Waals surface area (Å²) in [6.07, 6.45) is 3.24. The van der Waals surface area contributed by atoms with Crippen LogP contribution in [-0.2, 0) is 17.7 Å². The molecule has 1 fully saturated rings. The Bertz CT molecular complexity index is 1280. The first kappa shape index (κ1) is 26.7. The van der Waals surface area contributed by atoms with Gasteiger partial charge < -0.3 is 14.5 Å². The molecule has 0 unspecified atom stereocenters. The number of hydrogen-bond donors (Lipinski definition) is 0. The average molecular weight is 513 g/mol. The Hall–Kier alpha value is -2.92. The number of benzene rings is 2. The summed E-state index contributed by atoms with van der Waals surface area (Å²) < 4.78 is 5.80. The summed E-state index contributed by atoms with van der Waals surface area (Å²) in [6.45, 7) is 17.6. The lowest BCUT2D eigenvalue weighted by atomic mass is 9.93. The van der Waals surface area contributed by atoms with Crippen LogP contribution in [0.1, 0.15) is 80.0 Å². The van der Waals surface area contributed by atoms with Crippen molar-refractivity contribution in [2.24, 2.45) is 0 Å². The lowest BCUT2D eigenvalue weighted by Gasteiger charge is -2.45. The molecule has 0 aliphatic carbocycles. The van der Waals surface area contributed by atoms with Crippen LogP contribution < -0.4 is 9.80 Å². The Labute approximate surface area is 229 Å². The third-order valence-corrected chi connectivity index (χ3v) is 8.72. The van der Waals surface area contributed by atoms with Gasteiger partial charge in [0.25, 0.3) is 0 Å². The van der Waals surface area contributed by atoms with Gasteiger partial charge in [-0.05, 0) is 81.7 Å². The molecule has 5 nitrogen and oxygen atoms in total. The van der Waals surface area contributed by atoms with Crippen LogP contribution in [0.5, 0.6) is 0 Å². The Balaban J connectivity index is 1.63. The Morgan fingerprint density at radius 3 is 2.24 bits per heavy atom. The molecule has 1 saturated heterocycles. The van der Waals surface area contributed by atoms with Crippen LogP contribution in [-0.4, -0.2) is 41.8 Å². The number of anilines is 2. The Morgan fingerprint density at radius 2 is 1.61 bits per heavy atom. The van der Waals surface area contributed by atoms with Crippen molar-refractivity contribution < 1.29 is 4.74 Å². The second-order valence-corrected chi connectivity index (χ2v) is 11.9. The van der Waals surface area contributed by atoms with Crippen molar-refractivity contribution in [1.82, 2.24) is 9.97 Å². The van der Waals surface area contributed by atoms with Crippen molar-refractivity contribution in [1.29, 1.82) is 0 Å². The summed E-state index contributed by atoms with van der Waals surface area (Å²) in [6, 6.07) is 14.1. The monoisotopic (exact) mass is 512 g/mol. The second kappa shape index (κ2) is 10.7. The molecule has 202 valence electrons. The first-order valence-electron chi connectivity index (χ1n) is 14.3. The summed E-state index contributed by atoms with van der Waals surface area (Å²) in [5.74, 6) is 2.49. The summed E-state index contributed by atoms with van der Waals surface area (Å²) in [5, 5.41) is 0. The lowest BCUT2D eigenvalue weighted by molar-refractivity contribution is 0.0611. The fourth-order valence-electron chi connectivity index (χ4n) is 6.55. The third kappa shape index (κ3) is 4.93. The smallest absolute Gasteiger partial charge is 0.162 e. The van der Waals surface area contributed by atoms with Gasteiger partial charge in [0.2, 0.25) is 0 Å². The molecule has 0 radical (unpaired) electrons. The van der Waals surface area contributed by atoms with Crippen molar-refractivity contribution in [2.75, 3.05) is 23.5 Å². The molecule has 0 N–H and O–H groups in total. The molecule has 2 aliphatic rings. The van der Waals surface area contributed by atoms with E-state index in [-0.39, 0.29) is 0 Å². The molecule has 2 aromatic carbocycles. The molecular formula is C33H44N4O. The zero-order chi connectivity index (χ0) is 27.1. The number of hydrogen-bond acceptors (Lipinski definition) is 5. The predicted octanol–water partition coefficient (Wildman–Crippen LogP) is 7.15. The van der Waals surface area contributed by atoms with Crippen LogP contribution >= 0.6 is 0 Å². The molecule has 0 saturated carbocycles. The van der Waals surface area contributed by atoms with E-state index in [1.54, 1.807) is 0 Å². The van der Waals surface area contributed by atoms with Gasteiger partial charge in [-0.1, -0.05) is 44.2 Å². The molecule has 3 aromatic rings. The van der Waals surface area contributed by atoms with Crippen LogP contribution in [0.15, 0.2) is 36.4 Å². The van der Waals surface area contributed by atoms with Gasteiger partial charge in [-0.2, -0.15) is 0 Å². The molecule has 3 atom stereocenters. The molecule has 3 heterocycles. The second-order valence-electron chi connectivity index (χ2n) is 11.9. The predicted molar refractivity (Wildman–Crippen MR) is 158 cm³/mol. The molecule has 38 heavy (non-hydrogen) atoms. The van der Waals surface area contributed by atoms with E-state index >= 15 is 0 Å². The van der Waals surface area contributed by atoms with Crippen molar-refractivity contribution in [3.63, 3.8) is 0 Å².